The van der Waals surface area contributed by atoms with E-state index >= 15 is 0 Å². The molecule has 0 aliphatic heterocycles. The van der Waals surface area contributed by atoms with E-state index < -0.39 is 97.5 Å². The van der Waals surface area contributed by atoms with Gasteiger partial charge in [-0.15, -0.1) is 0 Å². The van der Waals surface area contributed by atoms with Crippen molar-refractivity contribution >= 4 is 39.5 Å². The molecule has 0 bridgehead atoms. The molecule has 2 unspecified atom stereocenters. The summed E-state index contributed by atoms with van der Waals surface area (Å²) in [5.41, 5.74) is 0. The maximum atomic E-state index is 13.2. The Bertz CT molecular complexity index is 2110. The maximum Gasteiger partial charge on any atom is 0.472 e. The third-order valence-electron chi connectivity index (χ3n) is 21.4. The van der Waals surface area contributed by atoms with Crippen molar-refractivity contribution in [1.29, 1.82) is 0 Å². The van der Waals surface area contributed by atoms with E-state index in [-0.39, 0.29) is 25.7 Å². The first-order chi connectivity index (χ1) is 53.2. The van der Waals surface area contributed by atoms with Crippen LogP contribution in [-0.2, 0) is 65.4 Å². The molecule has 19 heteroatoms. The smallest absolute Gasteiger partial charge is 0.462 e. The average molecular weight is 1610 g/mol. The SMILES string of the molecule is CCCCCCCCCCCCCCCCCCCCC(=O)O[C@H](COC(=O)CCCCCCCCCCCC(C)C)COP(=O)(O)OC[C@H](O)COP(=O)(O)OC[C@@H](COC(=O)CCCCCCCCCCCCCCCCCCC(C)C)OC(=O)CCCCCCCCCCCCCCCCCCCCC(C)C. The number of carbonyl (C=O) groups is 4. The summed E-state index contributed by atoms with van der Waals surface area (Å²) >= 11 is 0. The predicted octanol–water partition coefficient (Wildman–Crippen LogP) is 28.0. The fourth-order valence-corrected chi connectivity index (χ4v) is 15.8. The van der Waals surface area contributed by atoms with Gasteiger partial charge in [-0.3, -0.25) is 37.3 Å². The third-order valence-corrected chi connectivity index (χ3v) is 23.3. The molecule has 0 radical (unpaired) electrons. The molecule has 0 amide bonds. The normalized spacial score (nSPS) is 13.8. The first-order valence-corrected chi connectivity index (χ1v) is 49.8. The molecule has 0 aromatic rings. The van der Waals surface area contributed by atoms with E-state index in [4.69, 9.17) is 37.0 Å². The second-order valence-electron chi connectivity index (χ2n) is 34.1. The molecule has 654 valence electrons. The van der Waals surface area contributed by atoms with Crippen LogP contribution in [0.15, 0.2) is 0 Å². The maximum absolute atomic E-state index is 13.2. The Kier molecular flexibility index (Phi) is 79.4. The van der Waals surface area contributed by atoms with Crippen LogP contribution in [0.1, 0.15) is 485 Å². The van der Waals surface area contributed by atoms with Crippen molar-refractivity contribution in [3.05, 3.63) is 0 Å². The van der Waals surface area contributed by atoms with Crippen molar-refractivity contribution in [2.75, 3.05) is 39.6 Å². The lowest BCUT2D eigenvalue weighted by Crippen LogP contribution is -2.30. The average Bonchev–Trinajstić information content (AvgIpc) is 0.897. The van der Waals surface area contributed by atoms with E-state index in [0.29, 0.717) is 25.7 Å². The van der Waals surface area contributed by atoms with Crippen molar-refractivity contribution in [3.63, 3.8) is 0 Å². The summed E-state index contributed by atoms with van der Waals surface area (Å²) in [5, 5.41) is 10.7. The van der Waals surface area contributed by atoms with Gasteiger partial charge in [0.05, 0.1) is 26.4 Å². The summed E-state index contributed by atoms with van der Waals surface area (Å²) in [5.74, 6) is 0.279. The predicted molar refractivity (Wildman–Crippen MR) is 455 cm³/mol. The third kappa shape index (κ3) is 84.0. The number of phosphoric ester groups is 2. The van der Waals surface area contributed by atoms with Crippen molar-refractivity contribution < 1.29 is 80.2 Å². The van der Waals surface area contributed by atoms with E-state index in [1.54, 1.807) is 0 Å². The standard InChI is InChI=1S/C91H178O17P2/c1-8-9-10-11-12-13-14-15-16-17-21-28-33-38-45-53-60-67-75-91(96)108-87(79-102-89(94)73-66-59-52-47-40-43-50-57-64-71-84(6)7)81-106-110(99,100)104-77-85(92)76-103-109(97,98)105-80-86(78-101-88(93)72-65-58-51-44-37-32-27-24-23-26-31-36-42-49-56-63-70-83(4)5)107-90(95)74-68-61-54-46-39-34-29-22-19-18-20-25-30-35-41-48-55-62-69-82(2)3/h82-87,92H,8-81H2,1-7H3,(H,97,98)(H,99,100)/t85-,86-,87-/m1/s1. The van der Waals surface area contributed by atoms with E-state index in [1.807, 2.05) is 0 Å². The van der Waals surface area contributed by atoms with Crippen molar-refractivity contribution in [2.24, 2.45) is 17.8 Å². The number of unbranched alkanes of at least 4 members (excludes halogenated alkanes) is 57. The van der Waals surface area contributed by atoms with Gasteiger partial charge < -0.3 is 33.8 Å². The van der Waals surface area contributed by atoms with E-state index in [2.05, 4.69) is 48.5 Å². The van der Waals surface area contributed by atoms with Crippen LogP contribution in [0.3, 0.4) is 0 Å². The van der Waals surface area contributed by atoms with Gasteiger partial charge in [-0.1, -0.05) is 434 Å². The molecule has 0 fully saturated rings. The highest BCUT2D eigenvalue weighted by Crippen LogP contribution is 2.45. The highest BCUT2D eigenvalue weighted by molar-refractivity contribution is 7.47. The number of hydrogen-bond donors (Lipinski definition) is 3. The van der Waals surface area contributed by atoms with Gasteiger partial charge in [-0.05, 0) is 43.4 Å². The van der Waals surface area contributed by atoms with Crippen LogP contribution in [0.4, 0.5) is 0 Å². The van der Waals surface area contributed by atoms with Crippen LogP contribution in [-0.4, -0.2) is 96.7 Å². The zero-order valence-electron chi connectivity index (χ0n) is 72.7. The number of hydrogen-bond acceptors (Lipinski definition) is 15. The first-order valence-electron chi connectivity index (χ1n) is 46.8. The van der Waals surface area contributed by atoms with Gasteiger partial charge >= 0.3 is 39.5 Å². The van der Waals surface area contributed by atoms with Gasteiger partial charge in [0, 0.05) is 25.7 Å². The Morgan fingerprint density at radius 1 is 0.245 bits per heavy atom. The molecule has 0 aliphatic rings. The van der Waals surface area contributed by atoms with Gasteiger partial charge in [-0.25, -0.2) is 9.13 Å². The lowest BCUT2D eigenvalue weighted by Gasteiger charge is -2.21. The zero-order valence-corrected chi connectivity index (χ0v) is 74.5. The second kappa shape index (κ2) is 80.8. The van der Waals surface area contributed by atoms with Crippen LogP contribution >= 0.6 is 15.6 Å². The van der Waals surface area contributed by atoms with Gasteiger partial charge in [0.15, 0.2) is 12.2 Å². The summed E-state index contributed by atoms with van der Waals surface area (Å²) in [6.45, 7) is 12.1. The largest absolute Gasteiger partial charge is 0.472 e. The Balaban J connectivity index is 5.25. The molecule has 5 atom stereocenters. The van der Waals surface area contributed by atoms with Gasteiger partial charge in [-0.2, -0.15) is 0 Å². The monoisotopic (exact) mass is 1610 g/mol. The fourth-order valence-electron chi connectivity index (χ4n) is 14.3. The van der Waals surface area contributed by atoms with Crippen LogP contribution in [0, 0.1) is 17.8 Å². The van der Waals surface area contributed by atoms with E-state index in [9.17, 15) is 43.2 Å². The molecule has 0 spiro atoms. The number of aliphatic hydroxyl groups is 1. The lowest BCUT2D eigenvalue weighted by molar-refractivity contribution is -0.161. The van der Waals surface area contributed by atoms with Crippen molar-refractivity contribution in [1.82, 2.24) is 0 Å². The number of aliphatic hydroxyl groups excluding tert-OH is 1. The van der Waals surface area contributed by atoms with Crippen LogP contribution in [0.25, 0.3) is 0 Å². The lowest BCUT2D eigenvalue weighted by atomic mass is 10.0. The number of esters is 4. The van der Waals surface area contributed by atoms with Crippen LogP contribution in [0.2, 0.25) is 0 Å². The summed E-state index contributed by atoms with van der Waals surface area (Å²) in [7, 11) is -9.94. The highest BCUT2D eigenvalue weighted by atomic mass is 31.2. The minimum absolute atomic E-state index is 0.108. The van der Waals surface area contributed by atoms with Gasteiger partial charge in [0.25, 0.3) is 0 Å². The minimum atomic E-state index is -4.97. The molecule has 0 aliphatic carbocycles. The summed E-state index contributed by atoms with van der Waals surface area (Å²) in [6, 6.07) is 0. The van der Waals surface area contributed by atoms with Gasteiger partial charge in [0.1, 0.15) is 19.3 Å². The Hall–Kier alpha value is -1.94. The molecule has 0 aromatic carbocycles. The number of carbonyl (C=O) groups excluding carboxylic acids is 4. The number of rotatable bonds is 89. The number of ether oxygens (including phenoxy) is 4. The van der Waals surface area contributed by atoms with Crippen molar-refractivity contribution in [2.45, 2.75) is 503 Å². The van der Waals surface area contributed by atoms with Crippen LogP contribution < -0.4 is 0 Å². The molecule has 0 saturated heterocycles. The van der Waals surface area contributed by atoms with E-state index in [1.165, 1.54) is 295 Å². The van der Waals surface area contributed by atoms with Crippen molar-refractivity contribution in [3.8, 4) is 0 Å². The van der Waals surface area contributed by atoms with Crippen LogP contribution in [0.5, 0.6) is 0 Å². The fraction of sp³-hybridized carbons (Fsp3) is 0.956. The minimum Gasteiger partial charge on any atom is -0.462 e. The Morgan fingerprint density at radius 3 is 0.618 bits per heavy atom. The first kappa shape index (κ1) is 108. The van der Waals surface area contributed by atoms with E-state index in [0.717, 1.165) is 108 Å². The molecule has 0 heterocycles. The summed E-state index contributed by atoms with van der Waals surface area (Å²) < 4.78 is 69.1. The quantitative estimate of drug-likeness (QED) is 0.0222. The molecule has 3 N–H and O–H groups in total. The summed E-state index contributed by atoms with van der Waals surface area (Å²) in [4.78, 5) is 73.4. The molecule has 0 saturated carbocycles. The van der Waals surface area contributed by atoms with Gasteiger partial charge in [0.2, 0.25) is 0 Å². The molecular formula is C91H178O17P2. The molecule has 0 rings (SSSR count). The highest BCUT2D eigenvalue weighted by Gasteiger charge is 2.31. The Labute approximate surface area is 677 Å². The topological polar surface area (TPSA) is 237 Å². The molecule has 110 heavy (non-hydrogen) atoms. The molecule has 0 aromatic heterocycles. The zero-order chi connectivity index (χ0) is 80.8. The second-order valence-corrected chi connectivity index (χ2v) is 37.0. The molecule has 17 nitrogen and oxygen atoms in total. The summed E-state index contributed by atoms with van der Waals surface area (Å²) in [6.07, 6.45) is 73.7. The Morgan fingerprint density at radius 2 is 0.418 bits per heavy atom. The number of phosphoric acid groups is 2. The molecular weight excluding hydrogens is 1430 g/mol.